The number of aromatic nitrogens is 3. The lowest BCUT2D eigenvalue weighted by Gasteiger charge is -2.14. The van der Waals surface area contributed by atoms with Crippen LogP contribution in [0.15, 0.2) is 12.5 Å². The van der Waals surface area contributed by atoms with Gasteiger partial charge in [0.25, 0.3) is 0 Å². The Morgan fingerprint density at radius 2 is 2.11 bits per heavy atom. The number of H-pyrrole nitrogens is 1. The number of nitrogens with two attached hydrogens (primary N) is 1. The summed E-state index contributed by atoms with van der Waals surface area (Å²) in [5, 5.41) is 9.37. The number of nitrogens with one attached hydrogen (secondary N) is 1. The average Bonchev–Trinajstić information content (AvgIpc) is 2.83. The molecule has 3 N–H and O–H groups in total. The van der Waals surface area contributed by atoms with Crippen LogP contribution in [0.2, 0.25) is 0 Å². The number of hydrogen-bond acceptors (Lipinski definition) is 4. The van der Waals surface area contributed by atoms with Gasteiger partial charge in [-0.1, -0.05) is 6.42 Å². The zero-order valence-electron chi connectivity index (χ0n) is 10.6. The molecule has 2 aromatic rings. The molecule has 5 nitrogen and oxygen atoms in total. The number of nitrogen functional groups attached to an aromatic ring is 1. The molecule has 0 unspecified atom stereocenters. The third kappa shape index (κ3) is 1.95. The van der Waals surface area contributed by atoms with Crippen LogP contribution >= 0.6 is 0 Å². The molecule has 1 aliphatic rings. The van der Waals surface area contributed by atoms with Crippen molar-refractivity contribution in [1.29, 1.82) is 5.26 Å². The van der Waals surface area contributed by atoms with E-state index < -0.39 is 0 Å². The summed E-state index contributed by atoms with van der Waals surface area (Å²) in [6, 6.07) is 2.19. The highest BCUT2D eigenvalue weighted by molar-refractivity contribution is 5.76. The van der Waals surface area contributed by atoms with E-state index in [1.807, 2.05) is 0 Å². The second-order valence-electron chi connectivity index (χ2n) is 4.81. The van der Waals surface area contributed by atoms with Crippen LogP contribution in [0.3, 0.4) is 0 Å². The van der Waals surface area contributed by atoms with E-state index in [1.165, 1.54) is 6.42 Å². The van der Waals surface area contributed by atoms with Crippen LogP contribution in [0.5, 0.6) is 0 Å². The van der Waals surface area contributed by atoms with E-state index in [0.29, 0.717) is 11.4 Å². The normalized spacial score (nSPS) is 14.5. The number of nitrogens with zero attached hydrogens (tertiary/aromatic N) is 3. The molecule has 0 bridgehead atoms. The summed E-state index contributed by atoms with van der Waals surface area (Å²) in [7, 11) is 0. The quantitative estimate of drug-likeness (QED) is 0.762. The molecule has 1 aliphatic carbocycles. The number of hydrogen-bond donors (Lipinski definition) is 2. The van der Waals surface area contributed by atoms with Crippen molar-refractivity contribution in [2.45, 2.75) is 32.1 Å². The molecule has 0 spiro atoms. The smallest absolute Gasteiger partial charge is 0.142 e. The molecule has 0 radical (unpaired) electrons. The first-order chi connectivity index (χ1) is 9.31. The van der Waals surface area contributed by atoms with E-state index in [4.69, 9.17) is 5.73 Å². The van der Waals surface area contributed by atoms with Crippen molar-refractivity contribution in [2.75, 3.05) is 5.73 Å². The van der Waals surface area contributed by atoms with Crippen molar-refractivity contribution >= 4 is 5.82 Å². The number of aromatic amines is 1. The molecule has 0 amide bonds. The third-order valence-corrected chi connectivity index (χ3v) is 3.63. The van der Waals surface area contributed by atoms with Crippen LogP contribution in [0.1, 0.15) is 36.1 Å². The van der Waals surface area contributed by atoms with Crippen molar-refractivity contribution in [3.63, 3.8) is 0 Å². The average molecular weight is 253 g/mol. The fraction of sp³-hybridized carbons (Fsp3) is 0.357. The van der Waals surface area contributed by atoms with Crippen LogP contribution in [0.25, 0.3) is 11.3 Å². The van der Waals surface area contributed by atoms with Gasteiger partial charge in [-0.3, -0.25) is 0 Å². The minimum absolute atomic E-state index is 0.327. The Labute approximate surface area is 111 Å². The molecule has 5 heteroatoms. The summed E-state index contributed by atoms with van der Waals surface area (Å²) in [5.41, 5.74) is 10.4. The minimum Gasteiger partial charge on any atom is -0.383 e. The molecule has 19 heavy (non-hydrogen) atoms. The fourth-order valence-corrected chi connectivity index (χ4v) is 2.74. The van der Waals surface area contributed by atoms with Crippen LogP contribution in [-0.4, -0.2) is 15.0 Å². The monoisotopic (exact) mass is 253 g/mol. The molecule has 0 aliphatic heterocycles. The topological polar surface area (TPSA) is 91.4 Å². The third-order valence-electron chi connectivity index (χ3n) is 3.63. The maximum absolute atomic E-state index is 9.37. The molecule has 0 saturated carbocycles. The van der Waals surface area contributed by atoms with Crippen molar-refractivity contribution in [2.24, 2.45) is 0 Å². The van der Waals surface area contributed by atoms with Gasteiger partial charge in [0.15, 0.2) is 0 Å². The van der Waals surface area contributed by atoms with Gasteiger partial charge in [-0.15, -0.1) is 0 Å². The molecule has 96 valence electrons. The molecular formula is C14H15N5. The number of anilines is 1. The minimum atomic E-state index is 0.327. The first-order valence-electron chi connectivity index (χ1n) is 6.51. The van der Waals surface area contributed by atoms with Crippen molar-refractivity contribution in [3.8, 4) is 17.3 Å². The van der Waals surface area contributed by atoms with Crippen LogP contribution in [0, 0.1) is 11.3 Å². The second-order valence-corrected chi connectivity index (χ2v) is 4.81. The second kappa shape index (κ2) is 4.73. The highest BCUT2D eigenvalue weighted by Gasteiger charge is 2.21. The summed E-state index contributed by atoms with van der Waals surface area (Å²) < 4.78 is 0. The Hall–Kier alpha value is -2.35. The van der Waals surface area contributed by atoms with E-state index in [9.17, 15) is 5.26 Å². The van der Waals surface area contributed by atoms with Gasteiger partial charge in [0, 0.05) is 11.3 Å². The maximum atomic E-state index is 9.37. The van der Waals surface area contributed by atoms with E-state index in [-0.39, 0.29) is 0 Å². The fourth-order valence-electron chi connectivity index (χ4n) is 2.74. The summed E-state index contributed by atoms with van der Waals surface area (Å²) in [4.78, 5) is 11.6. The van der Waals surface area contributed by atoms with E-state index in [2.05, 4.69) is 21.0 Å². The van der Waals surface area contributed by atoms with Gasteiger partial charge in [-0.2, -0.15) is 5.26 Å². The number of fused-ring (bicyclic) bond motifs is 1. The Morgan fingerprint density at radius 1 is 1.26 bits per heavy atom. The summed E-state index contributed by atoms with van der Waals surface area (Å²) in [5.74, 6) is 0.327. The maximum Gasteiger partial charge on any atom is 0.142 e. The van der Waals surface area contributed by atoms with Gasteiger partial charge >= 0.3 is 0 Å². The molecule has 3 rings (SSSR count). The lowest BCUT2D eigenvalue weighted by molar-refractivity contribution is 0.709. The number of imidazole rings is 1. The zero-order valence-corrected chi connectivity index (χ0v) is 10.6. The van der Waals surface area contributed by atoms with E-state index in [1.54, 1.807) is 12.5 Å². The predicted octanol–water partition coefficient (Wildman–Crippen LogP) is 2.19. The van der Waals surface area contributed by atoms with Crippen LogP contribution in [-0.2, 0) is 12.8 Å². The molecule has 0 aromatic carbocycles. The number of nitriles is 1. The van der Waals surface area contributed by atoms with Crippen molar-refractivity contribution in [3.05, 3.63) is 29.3 Å². The first-order valence-corrected chi connectivity index (χ1v) is 6.51. The summed E-state index contributed by atoms with van der Waals surface area (Å²) in [6.07, 6.45) is 8.70. The van der Waals surface area contributed by atoms with Crippen LogP contribution in [0.4, 0.5) is 5.82 Å². The Bertz CT molecular complexity index is 637. The summed E-state index contributed by atoms with van der Waals surface area (Å²) >= 11 is 0. The number of aryl methyl sites for hydroxylation is 1. The van der Waals surface area contributed by atoms with Gasteiger partial charge in [0.05, 0.1) is 18.2 Å². The molecule has 0 saturated heterocycles. The molecule has 0 atom stereocenters. The zero-order chi connectivity index (χ0) is 13.2. The Kier molecular flexibility index (Phi) is 2.92. The van der Waals surface area contributed by atoms with Crippen LogP contribution < -0.4 is 5.73 Å². The summed E-state index contributed by atoms with van der Waals surface area (Å²) in [6.45, 7) is 0. The standard InChI is InChI=1S/C14H15N5/c15-6-10-13(12-7-17-8-18-12)9-4-2-1-3-5-11(9)19-14(10)16/h7-8H,1-5H2,(H2,16,19)(H,17,18). The van der Waals surface area contributed by atoms with Gasteiger partial charge in [0.1, 0.15) is 17.5 Å². The van der Waals surface area contributed by atoms with Gasteiger partial charge in [0.2, 0.25) is 0 Å². The SMILES string of the molecule is N#Cc1c(N)nc2c(c1-c1cnc[nH]1)CCCCC2. The molecule has 2 aromatic heterocycles. The molecule has 2 heterocycles. The molecular weight excluding hydrogens is 238 g/mol. The van der Waals surface area contributed by atoms with Crippen molar-refractivity contribution in [1.82, 2.24) is 15.0 Å². The highest BCUT2D eigenvalue weighted by atomic mass is 14.9. The molecule has 0 fully saturated rings. The van der Waals surface area contributed by atoms with E-state index >= 15 is 0 Å². The Morgan fingerprint density at radius 3 is 2.84 bits per heavy atom. The number of pyridine rings is 1. The van der Waals surface area contributed by atoms with Gasteiger partial charge < -0.3 is 10.7 Å². The lowest BCUT2D eigenvalue weighted by atomic mass is 9.95. The lowest BCUT2D eigenvalue weighted by Crippen LogP contribution is -2.07. The number of rotatable bonds is 1. The van der Waals surface area contributed by atoms with E-state index in [0.717, 1.165) is 48.2 Å². The largest absolute Gasteiger partial charge is 0.383 e. The predicted molar refractivity (Wildman–Crippen MR) is 72.2 cm³/mol. The highest BCUT2D eigenvalue weighted by Crippen LogP contribution is 2.34. The van der Waals surface area contributed by atoms with Crippen molar-refractivity contribution < 1.29 is 0 Å². The Balaban J connectivity index is 2.30. The van der Waals surface area contributed by atoms with Gasteiger partial charge in [-0.05, 0) is 31.2 Å². The first kappa shape index (κ1) is 11.7. The van der Waals surface area contributed by atoms with Gasteiger partial charge in [-0.25, -0.2) is 9.97 Å².